The third-order valence-corrected chi connectivity index (χ3v) is 9.13. The summed E-state index contributed by atoms with van der Waals surface area (Å²) in [6.45, 7) is 4.59. The third-order valence-electron chi connectivity index (χ3n) is 7.38. The second-order valence-electron chi connectivity index (χ2n) is 10.7. The van der Waals surface area contributed by atoms with E-state index in [1.165, 1.54) is 162 Å². The monoisotopic (exact) mass is 526 g/mol. The molecule has 2 heterocycles. The standard InChI is InChI=1S/C34H54S2/c1-3-5-7-9-11-13-15-17-19-21-23-31-27-29-35-33(31)25-26-34-32(28-30-36-34)24-22-20-18-16-14-12-10-8-6-4-2/h27-30H,3-24H2,1-2H3. The van der Waals surface area contributed by atoms with Crippen LogP contribution >= 0.6 is 22.7 Å². The first-order valence-corrected chi connectivity index (χ1v) is 17.3. The highest BCUT2D eigenvalue weighted by Gasteiger charge is 2.05. The Labute approximate surface area is 232 Å². The van der Waals surface area contributed by atoms with Crippen molar-refractivity contribution in [3.63, 3.8) is 0 Å². The maximum absolute atomic E-state index is 3.54. The van der Waals surface area contributed by atoms with E-state index < -0.39 is 0 Å². The van der Waals surface area contributed by atoms with Gasteiger partial charge in [-0.2, -0.15) is 0 Å². The smallest absolute Gasteiger partial charge is 0.0804 e. The molecule has 0 aliphatic heterocycles. The molecule has 0 saturated heterocycles. The molecule has 0 aliphatic carbocycles. The molecule has 2 heteroatoms. The number of aryl methyl sites for hydroxylation is 2. The Bertz CT molecular complexity index is 749. The molecule has 0 aliphatic rings. The van der Waals surface area contributed by atoms with Crippen molar-refractivity contribution in [3.8, 4) is 11.8 Å². The Morgan fingerprint density at radius 3 is 1.08 bits per heavy atom. The van der Waals surface area contributed by atoms with Gasteiger partial charge in [-0.1, -0.05) is 129 Å². The predicted octanol–water partition coefficient (Wildman–Crippen LogP) is 12.1. The molecule has 36 heavy (non-hydrogen) atoms. The van der Waals surface area contributed by atoms with Crippen LogP contribution in [0.25, 0.3) is 0 Å². The molecule has 0 N–H and O–H groups in total. The van der Waals surface area contributed by atoms with Gasteiger partial charge in [-0.25, -0.2) is 0 Å². The molecule has 2 aromatic rings. The first kappa shape index (κ1) is 31.2. The number of unbranched alkanes of at least 4 members (excludes halogenated alkanes) is 18. The lowest BCUT2D eigenvalue weighted by atomic mass is 10.0. The van der Waals surface area contributed by atoms with E-state index in [-0.39, 0.29) is 0 Å². The van der Waals surface area contributed by atoms with E-state index >= 15 is 0 Å². The zero-order valence-corrected chi connectivity index (χ0v) is 25.3. The van der Waals surface area contributed by atoms with Crippen molar-refractivity contribution < 1.29 is 0 Å². The van der Waals surface area contributed by atoms with Crippen LogP contribution in [0.2, 0.25) is 0 Å². The molecular formula is C34H54S2. The molecule has 0 radical (unpaired) electrons. The summed E-state index contributed by atoms with van der Waals surface area (Å²) >= 11 is 3.65. The van der Waals surface area contributed by atoms with Crippen LogP contribution in [0, 0.1) is 11.8 Å². The van der Waals surface area contributed by atoms with Crippen LogP contribution in [0.4, 0.5) is 0 Å². The van der Waals surface area contributed by atoms with Crippen LogP contribution in [-0.4, -0.2) is 0 Å². The Kier molecular flexibility index (Phi) is 19.0. The minimum Gasteiger partial charge on any atom is -0.135 e. The Balaban J connectivity index is 1.60. The molecule has 2 aromatic heterocycles. The van der Waals surface area contributed by atoms with Gasteiger partial charge in [0.1, 0.15) is 0 Å². The van der Waals surface area contributed by atoms with Gasteiger partial charge in [0.15, 0.2) is 0 Å². The van der Waals surface area contributed by atoms with Crippen LogP contribution in [0.15, 0.2) is 22.9 Å². The molecule has 2 rings (SSSR count). The Morgan fingerprint density at radius 2 is 0.750 bits per heavy atom. The third kappa shape index (κ3) is 14.6. The number of hydrogen-bond acceptors (Lipinski definition) is 2. The topological polar surface area (TPSA) is 0 Å². The summed E-state index contributed by atoms with van der Waals surface area (Å²) in [5.41, 5.74) is 2.94. The van der Waals surface area contributed by atoms with E-state index in [0.29, 0.717) is 0 Å². The van der Waals surface area contributed by atoms with Gasteiger partial charge in [0.05, 0.1) is 9.75 Å². The van der Waals surface area contributed by atoms with Gasteiger partial charge in [-0.05, 0) is 71.5 Å². The van der Waals surface area contributed by atoms with Crippen molar-refractivity contribution in [2.45, 2.75) is 155 Å². The van der Waals surface area contributed by atoms with E-state index in [9.17, 15) is 0 Å². The van der Waals surface area contributed by atoms with Crippen molar-refractivity contribution in [1.29, 1.82) is 0 Å². The largest absolute Gasteiger partial charge is 0.135 e. The summed E-state index contributed by atoms with van der Waals surface area (Å²) in [5, 5.41) is 4.46. The molecule has 202 valence electrons. The Morgan fingerprint density at radius 1 is 0.444 bits per heavy atom. The fourth-order valence-corrected chi connectivity index (χ4v) is 6.60. The number of thiophene rings is 2. The molecule has 0 saturated carbocycles. The minimum atomic E-state index is 1.19. The summed E-state index contributed by atoms with van der Waals surface area (Å²) in [5.74, 6) is 7.08. The average Bonchev–Trinajstić information content (AvgIpc) is 3.54. The molecule has 0 unspecified atom stereocenters. The highest BCUT2D eigenvalue weighted by molar-refractivity contribution is 7.11. The zero-order chi connectivity index (χ0) is 25.5. The van der Waals surface area contributed by atoms with Gasteiger partial charge in [0.25, 0.3) is 0 Å². The summed E-state index contributed by atoms with van der Waals surface area (Å²) in [4.78, 5) is 2.59. The quantitative estimate of drug-likeness (QED) is 0.106. The molecule has 0 atom stereocenters. The van der Waals surface area contributed by atoms with Crippen molar-refractivity contribution in [2.75, 3.05) is 0 Å². The maximum atomic E-state index is 3.54. The van der Waals surface area contributed by atoms with E-state index in [0.717, 1.165) is 0 Å². The molecule has 0 fully saturated rings. The van der Waals surface area contributed by atoms with Crippen LogP contribution in [-0.2, 0) is 12.8 Å². The van der Waals surface area contributed by atoms with Crippen molar-refractivity contribution >= 4 is 22.7 Å². The molecule has 0 spiro atoms. The van der Waals surface area contributed by atoms with Crippen LogP contribution in [0.3, 0.4) is 0 Å². The van der Waals surface area contributed by atoms with Gasteiger partial charge in [-0.15, -0.1) is 22.7 Å². The van der Waals surface area contributed by atoms with E-state index in [1.807, 2.05) is 22.7 Å². The summed E-state index contributed by atoms with van der Waals surface area (Å²) in [6.07, 6.45) is 30.4. The molecule has 0 amide bonds. The molecule has 0 nitrogen and oxygen atoms in total. The molecule has 0 bridgehead atoms. The highest BCUT2D eigenvalue weighted by Crippen LogP contribution is 2.22. The van der Waals surface area contributed by atoms with Crippen LogP contribution in [0.1, 0.15) is 163 Å². The van der Waals surface area contributed by atoms with Gasteiger partial charge < -0.3 is 0 Å². The first-order valence-electron chi connectivity index (χ1n) is 15.5. The first-order chi connectivity index (χ1) is 17.8. The van der Waals surface area contributed by atoms with Gasteiger partial charge in [0.2, 0.25) is 0 Å². The molecular weight excluding hydrogens is 473 g/mol. The van der Waals surface area contributed by atoms with E-state index in [2.05, 4.69) is 48.6 Å². The lowest BCUT2D eigenvalue weighted by Gasteiger charge is -2.03. The maximum Gasteiger partial charge on any atom is 0.0804 e. The second-order valence-corrected chi connectivity index (χ2v) is 12.5. The lowest BCUT2D eigenvalue weighted by molar-refractivity contribution is 0.556. The average molecular weight is 527 g/mol. The van der Waals surface area contributed by atoms with E-state index in [4.69, 9.17) is 0 Å². The highest BCUT2D eigenvalue weighted by atomic mass is 32.1. The van der Waals surface area contributed by atoms with Crippen molar-refractivity contribution in [1.82, 2.24) is 0 Å². The fraction of sp³-hybridized carbons (Fsp3) is 0.706. The Hall–Kier alpha value is -1.04. The fourth-order valence-electron chi connectivity index (χ4n) is 5.00. The normalized spacial score (nSPS) is 11.1. The van der Waals surface area contributed by atoms with Gasteiger partial charge in [-0.3, -0.25) is 0 Å². The van der Waals surface area contributed by atoms with Crippen LogP contribution in [0.5, 0.6) is 0 Å². The summed E-state index contributed by atoms with van der Waals surface area (Å²) < 4.78 is 0. The zero-order valence-electron chi connectivity index (χ0n) is 23.7. The second kappa shape index (κ2) is 22.0. The van der Waals surface area contributed by atoms with Crippen LogP contribution < -0.4 is 0 Å². The van der Waals surface area contributed by atoms with Gasteiger partial charge in [0, 0.05) is 0 Å². The summed E-state index contributed by atoms with van der Waals surface area (Å²) in [7, 11) is 0. The number of hydrogen-bond donors (Lipinski definition) is 0. The minimum absolute atomic E-state index is 1.19. The van der Waals surface area contributed by atoms with Crippen molar-refractivity contribution in [2.24, 2.45) is 0 Å². The molecule has 0 aromatic carbocycles. The lowest BCUT2D eigenvalue weighted by Crippen LogP contribution is -1.88. The summed E-state index contributed by atoms with van der Waals surface area (Å²) in [6, 6.07) is 4.61. The van der Waals surface area contributed by atoms with Crippen molar-refractivity contribution in [3.05, 3.63) is 43.8 Å². The van der Waals surface area contributed by atoms with E-state index in [1.54, 1.807) is 0 Å². The number of rotatable bonds is 22. The SMILES string of the molecule is CCCCCCCCCCCCc1ccsc1C#Cc1sccc1CCCCCCCCCCCC. The van der Waals surface area contributed by atoms with Gasteiger partial charge >= 0.3 is 0 Å². The predicted molar refractivity (Wildman–Crippen MR) is 166 cm³/mol.